The van der Waals surface area contributed by atoms with E-state index in [4.69, 9.17) is 5.11 Å². The van der Waals surface area contributed by atoms with Gasteiger partial charge in [0.25, 0.3) is 0 Å². The van der Waals surface area contributed by atoms with Crippen LogP contribution in [-0.2, 0) is 6.61 Å². The predicted molar refractivity (Wildman–Crippen MR) is 44.2 cm³/mol. The fourth-order valence-corrected chi connectivity index (χ4v) is 0.934. The molecule has 3 heteroatoms. The van der Waals surface area contributed by atoms with Crippen molar-refractivity contribution in [2.24, 2.45) is 0 Å². The van der Waals surface area contributed by atoms with Crippen LogP contribution in [0.15, 0.2) is 12.1 Å². The van der Waals surface area contributed by atoms with Gasteiger partial charge in [-0.2, -0.15) is 0 Å². The molecule has 0 unspecified atom stereocenters. The average molecular weight is 169 g/mol. The zero-order valence-electron chi connectivity index (χ0n) is 7.21. The van der Waals surface area contributed by atoms with Crippen LogP contribution >= 0.6 is 0 Å². The summed E-state index contributed by atoms with van der Waals surface area (Å²) in [5.41, 5.74) is 0.932. The summed E-state index contributed by atoms with van der Waals surface area (Å²) in [6, 6.07) is 2.98. The number of hydrogen-bond donors (Lipinski definition) is 1. The Balaban J connectivity index is 3.05. The molecule has 0 aliphatic carbocycles. The largest absolute Gasteiger partial charge is 0.390 e. The van der Waals surface area contributed by atoms with Crippen molar-refractivity contribution in [3.8, 4) is 0 Å². The zero-order valence-corrected chi connectivity index (χ0v) is 7.21. The lowest BCUT2D eigenvalue weighted by atomic mass is 10.1. The summed E-state index contributed by atoms with van der Waals surface area (Å²) in [5, 5.41) is 8.72. The summed E-state index contributed by atoms with van der Waals surface area (Å²) in [7, 11) is 0. The predicted octanol–water partition coefficient (Wildman–Crippen LogP) is 1.84. The lowest BCUT2D eigenvalue weighted by molar-refractivity contribution is 0.269. The molecule has 1 aromatic rings. The van der Waals surface area contributed by atoms with Gasteiger partial charge in [0.05, 0.1) is 6.61 Å². The summed E-state index contributed by atoms with van der Waals surface area (Å²) in [4.78, 5) is 3.97. The standard InChI is InChI=1S/C9H12FNO/c1-6(2)8-4-3-7(10)9(5-12)11-8/h3-4,6,12H,5H2,1-2H3. The Kier molecular flexibility index (Phi) is 2.76. The van der Waals surface area contributed by atoms with Gasteiger partial charge in [0.15, 0.2) is 0 Å². The van der Waals surface area contributed by atoms with Gasteiger partial charge in [0.2, 0.25) is 0 Å². The number of rotatable bonds is 2. The first-order valence-electron chi connectivity index (χ1n) is 3.91. The van der Waals surface area contributed by atoms with Crippen LogP contribution in [0.3, 0.4) is 0 Å². The third kappa shape index (κ3) is 1.80. The molecular weight excluding hydrogens is 157 g/mol. The molecule has 0 atom stereocenters. The highest BCUT2D eigenvalue weighted by molar-refractivity contribution is 5.15. The van der Waals surface area contributed by atoms with Crippen LogP contribution in [0.1, 0.15) is 31.2 Å². The number of pyridine rings is 1. The van der Waals surface area contributed by atoms with Crippen molar-refractivity contribution in [3.63, 3.8) is 0 Å². The molecule has 2 nitrogen and oxygen atoms in total. The molecule has 0 fully saturated rings. The molecule has 66 valence electrons. The van der Waals surface area contributed by atoms with Crippen molar-refractivity contribution >= 4 is 0 Å². The summed E-state index contributed by atoms with van der Waals surface area (Å²) < 4.78 is 12.8. The van der Waals surface area contributed by atoms with Crippen molar-refractivity contribution in [3.05, 3.63) is 29.3 Å². The van der Waals surface area contributed by atoms with Gasteiger partial charge in [0, 0.05) is 5.69 Å². The van der Waals surface area contributed by atoms with E-state index in [0.29, 0.717) is 0 Å². The van der Waals surface area contributed by atoms with Crippen LogP contribution in [-0.4, -0.2) is 10.1 Å². The van der Waals surface area contributed by atoms with Gasteiger partial charge < -0.3 is 5.11 Å². The second-order valence-corrected chi connectivity index (χ2v) is 2.98. The lowest BCUT2D eigenvalue weighted by Crippen LogP contribution is -2.00. The third-order valence-corrected chi connectivity index (χ3v) is 1.68. The second kappa shape index (κ2) is 3.63. The lowest BCUT2D eigenvalue weighted by Gasteiger charge is -2.05. The monoisotopic (exact) mass is 169 g/mol. The van der Waals surface area contributed by atoms with Crippen LogP contribution in [0.2, 0.25) is 0 Å². The minimum absolute atomic E-state index is 0.126. The van der Waals surface area contributed by atoms with E-state index in [1.165, 1.54) is 6.07 Å². The van der Waals surface area contributed by atoms with E-state index < -0.39 is 5.82 Å². The Morgan fingerprint density at radius 3 is 2.67 bits per heavy atom. The van der Waals surface area contributed by atoms with Gasteiger partial charge in [-0.25, -0.2) is 4.39 Å². The van der Waals surface area contributed by atoms with Crippen molar-refractivity contribution in [2.75, 3.05) is 0 Å². The van der Waals surface area contributed by atoms with Gasteiger partial charge in [-0.15, -0.1) is 0 Å². The molecule has 0 aliphatic heterocycles. The van der Waals surface area contributed by atoms with Crippen LogP contribution in [0.25, 0.3) is 0 Å². The molecule has 1 N–H and O–H groups in total. The topological polar surface area (TPSA) is 33.1 Å². The van der Waals surface area contributed by atoms with Gasteiger partial charge in [0.1, 0.15) is 11.5 Å². The van der Waals surface area contributed by atoms with Gasteiger partial charge in [-0.05, 0) is 18.1 Å². The molecule has 0 bridgehead atoms. The van der Waals surface area contributed by atoms with Gasteiger partial charge >= 0.3 is 0 Å². The number of aliphatic hydroxyl groups is 1. The highest BCUT2D eigenvalue weighted by Crippen LogP contribution is 2.13. The Morgan fingerprint density at radius 1 is 1.50 bits per heavy atom. The highest BCUT2D eigenvalue weighted by atomic mass is 19.1. The van der Waals surface area contributed by atoms with Crippen molar-refractivity contribution in [1.29, 1.82) is 0 Å². The Morgan fingerprint density at radius 2 is 2.17 bits per heavy atom. The number of halogens is 1. The molecule has 1 rings (SSSR count). The van der Waals surface area contributed by atoms with Crippen molar-refractivity contribution in [2.45, 2.75) is 26.4 Å². The fraction of sp³-hybridized carbons (Fsp3) is 0.444. The van der Waals surface area contributed by atoms with E-state index in [0.717, 1.165) is 5.69 Å². The van der Waals surface area contributed by atoms with Gasteiger partial charge in [-0.1, -0.05) is 13.8 Å². The maximum Gasteiger partial charge on any atom is 0.147 e. The molecule has 0 saturated heterocycles. The van der Waals surface area contributed by atoms with Gasteiger partial charge in [-0.3, -0.25) is 4.98 Å². The van der Waals surface area contributed by atoms with Crippen LogP contribution in [0, 0.1) is 5.82 Å². The molecule has 1 heterocycles. The minimum atomic E-state index is -0.443. The molecule has 0 amide bonds. The van der Waals surface area contributed by atoms with Crippen LogP contribution in [0.5, 0.6) is 0 Å². The highest BCUT2D eigenvalue weighted by Gasteiger charge is 2.06. The van der Waals surface area contributed by atoms with Crippen molar-refractivity contribution < 1.29 is 9.50 Å². The van der Waals surface area contributed by atoms with E-state index in [-0.39, 0.29) is 18.2 Å². The first-order valence-corrected chi connectivity index (χ1v) is 3.91. The van der Waals surface area contributed by atoms with E-state index in [1.54, 1.807) is 6.07 Å². The smallest absolute Gasteiger partial charge is 0.147 e. The summed E-state index contributed by atoms with van der Waals surface area (Å²) >= 11 is 0. The first-order chi connectivity index (χ1) is 5.65. The van der Waals surface area contributed by atoms with Crippen LogP contribution in [0.4, 0.5) is 4.39 Å². The molecule has 1 aromatic heterocycles. The summed E-state index contributed by atoms with van der Waals surface area (Å²) in [6.07, 6.45) is 0. The summed E-state index contributed by atoms with van der Waals surface area (Å²) in [6.45, 7) is 3.61. The third-order valence-electron chi connectivity index (χ3n) is 1.68. The molecule has 0 aromatic carbocycles. The summed E-state index contributed by atoms with van der Waals surface area (Å²) in [5.74, 6) is -0.183. The molecule has 0 spiro atoms. The Bertz CT molecular complexity index is 273. The molecule has 12 heavy (non-hydrogen) atoms. The number of nitrogens with zero attached hydrogens (tertiary/aromatic N) is 1. The molecule has 0 saturated carbocycles. The second-order valence-electron chi connectivity index (χ2n) is 2.98. The molecule has 0 radical (unpaired) electrons. The molecule has 0 aliphatic rings. The minimum Gasteiger partial charge on any atom is -0.390 e. The normalized spacial score (nSPS) is 10.8. The quantitative estimate of drug-likeness (QED) is 0.732. The molecular formula is C9H12FNO. The van der Waals surface area contributed by atoms with E-state index in [1.807, 2.05) is 13.8 Å². The van der Waals surface area contributed by atoms with E-state index >= 15 is 0 Å². The number of aromatic nitrogens is 1. The Hall–Kier alpha value is -0.960. The number of hydrogen-bond acceptors (Lipinski definition) is 2. The first kappa shape index (κ1) is 9.13. The number of aliphatic hydroxyl groups excluding tert-OH is 1. The van der Waals surface area contributed by atoms with E-state index in [9.17, 15) is 4.39 Å². The average Bonchev–Trinajstić information content (AvgIpc) is 2.05. The maximum absolute atomic E-state index is 12.8. The van der Waals surface area contributed by atoms with Crippen molar-refractivity contribution in [1.82, 2.24) is 4.98 Å². The maximum atomic E-state index is 12.8. The fourth-order valence-electron chi connectivity index (χ4n) is 0.934. The van der Waals surface area contributed by atoms with E-state index in [2.05, 4.69) is 4.98 Å². The zero-order chi connectivity index (χ0) is 9.14. The Labute approximate surface area is 71.1 Å². The van der Waals surface area contributed by atoms with Crippen LogP contribution < -0.4 is 0 Å². The SMILES string of the molecule is CC(C)c1ccc(F)c(CO)n1.